The first kappa shape index (κ1) is 21.5. The van der Waals surface area contributed by atoms with Crippen LogP contribution in [-0.2, 0) is 8.85 Å². The van der Waals surface area contributed by atoms with E-state index in [1.54, 1.807) is 14.2 Å². The van der Waals surface area contributed by atoms with Crippen molar-refractivity contribution in [2.24, 2.45) is 10.8 Å². The number of hydrogen-bond donors (Lipinski definition) is 0. The van der Waals surface area contributed by atoms with Crippen molar-refractivity contribution in [3.63, 3.8) is 0 Å². The second-order valence-electron chi connectivity index (χ2n) is 6.82. The fourth-order valence-electron chi connectivity index (χ4n) is 3.00. The van der Waals surface area contributed by atoms with Gasteiger partial charge in [-0.3, -0.25) is 0 Å². The highest BCUT2D eigenvalue weighted by molar-refractivity contribution is 14.1. The van der Waals surface area contributed by atoms with Crippen LogP contribution in [0.4, 0.5) is 0 Å². The maximum atomic E-state index is 5.79. The van der Waals surface area contributed by atoms with Gasteiger partial charge in [-0.15, -0.1) is 6.42 Å². The van der Waals surface area contributed by atoms with Gasteiger partial charge in [-0.05, 0) is 55.9 Å². The van der Waals surface area contributed by atoms with Crippen molar-refractivity contribution in [1.29, 1.82) is 0 Å². The molecule has 0 aliphatic rings. The molecular formula is C18H27IO2Si. The monoisotopic (exact) mass is 430 g/mol. The van der Waals surface area contributed by atoms with Gasteiger partial charge in [0.25, 0.3) is 0 Å². The zero-order valence-electron chi connectivity index (χ0n) is 14.8. The molecule has 0 radical (unpaired) electrons. The van der Waals surface area contributed by atoms with E-state index in [4.69, 9.17) is 15.3 Å². The van der Waals surface area contributed by atoms with Gasteiger partial charge in [0.2, 0.25) is 0 Å². The average Bonchev–Trinajstić information content (AvgIpc) is 2.42. The molecule has 0 saturated carbocycles. The van der Waals surface area contributed by atoms with Crippen molar-refractivity contribution >= 4 is 31.2 Å². The van der Waals surface area contributed by atoms with Gasteiger partial charge in [0, 0.05) is 29.6 Å². The Kier molecular flexibility index (Phi) is 8.81. The molecule has 122 valence electrons. The second-order valence-corrected chi connectivity index (χ2v) is 11.3. The van der Waals surface area contributed by atoms with Gasteiger partial charge in [-0.25, -0.2) is 0 Å². The van der Waals surface area contributed by atoms with E-state index in [2.05, 4.69) is 86.4 Å². The van der Waals surface area contributed by atoms with Crippen LogP contribution in [0.25, 0.3) is 0 Å². The number of alkyl halides is 1. The lowest BCUT2D eigenvalue weighted by atomic mass is 9.73. The van der Waals surface area contributed by atoms with Gasteiger partial charge in [0.1, 0.15) is 0 Å². The summed E-state index contributed by atoms with van der Waals surface area (Å²) in [4.78, 5) is 0. The summed E-state index contributed by atoms with van der Waals surface area (Å²) in [5, 5.41) is 0. The molecule has 0 rings (SSSR count). The van der Waals surface area contributed by atoms with Gasteiger partial charge in [0.15, 0.2) is 0 Å². The summed E-state index contributed by atoms with van der Waals surface area (Å²) in [6.45, 7) is 11.0. The van der Waals surface area contributed by atoms with Crippen molar-refractivity contribution < 1.29 is 8.85 Å². The number of hydrogen-bond acceptors (Lipinski definition) is 2. The number of rotatable bonds is 7. The molecule has 0 saturated heterocycles. The molecule has 0 aliphatic carbocycles. The Hall–Kier alpha value is -0.453. The van der Waals surface area contributed by atoms with Crippen LogP contribution < -0.4 is 0 Å². The normalized spacial score (nSPS) is 13.2. The van der Waals surface area contributed by atoms with Crippen molar-refractivity contribution in [3.8, 4) is 36.0 Å². The van der Waals surface area contributed by atoms with Crippen molar-refractivity contribution in [3.05, 3.63) is 0 Å². The summed E-state index contributed by atoms with van der Waals surface area (Å²) >= 11 is 2.43. The average molecular weight is 430 g/mol. The van der Waals surface area contributed by atoms with Gasteiger partial charge in [-0.1, -0.05) is 42.4 Å². The van der Waals surface area contributed by atoms with Gasteiger partial charge in [0.05, 0.1) is 0 Å². The third kappa shape index (κ3) is 6.35. The van der Waals surface area contributed by atoms with E-state index in [0.29, 0.717) is 5.54 Å². The molecule has 0 spiro atoms. The van der Waals surface area contributed by atoms with Crippen LogP contribution in [0.15, 0.2) is 0 Å². The van der Waals surface area contributed by atoms with Gasteiger partial charge < -0.3 is 8.85 Å². The van der Waals surface area contributed by atoms with E-state index in [1.807, 2.05) is 0 Å². The summed E-state index contributed by atoms with van der Waals surface area (Å²) in [7, 11) is 1.29. The first-order valence-corrected chi connectivity index (χ1v) is 11.1. The molecule has 22 heavy (non-hydrogen) atoms. The molecule has 0 aromatic rings. The Bertz CT molecular complexity index is 519. The Balaban J connectivity index is 5.36. The predicted molar refractivity (Wildman–Crippen MR) is 105 cm³/mol. The predicted octanol–water partition coefficient (Wildman–Crippen LogP) is 4.24. The first-order chi connectivity index (χ1) is 10.1. The third-order valence-electron chi connectivity index (χ3n) is 4.04. The zero-order valence-corrected chi connectivity index (χ0v) is 17.9. The minimum Gasteiger partial charge on any atom is -0.398 e. The molecule has 0 bridgehead atoms. The number of terminal acetylenes is 1. The SMILES string of the molecule is C#CC#CC#CC(C)(C)CC(C)(C)C(CI)[Si](C)(OC)OC. The van der Waals surface area contributed by atoms with E-state index >= 15 is 0 Å². The van der Waals surface area contributed by atoms with Crippen LogP contribution in [0.2, 0.25) is 12.1 Å². The molecule has 0 heterocycles. The van der Waals surface area contributed by atoms with Crippen LogP contribution in [0.1, 0.15) is 34.1 Å². The summed E-state index contributed by atoms with van der Waals surface area (Å²) in [5.41, 5.74) is 0.271. The van der Waals surface area contributed by atoms with E-state index in [9.17, 15) is 0 Å². The quantitative estimate of drug-likeness (QED) is 0.260. The molecule has 2 nitrogen and oxygen atoms in total. The fourth-order valence-corrected chi connectivity index (χ4v) is 9.13. The number of halogens is 1. The second kappa shape index (κ2) is 8.99. The van der Waals surface area contributed by atoms with Crippen molar-refractivity contribution in [2.45, 2.75) is 46.2 Å². The topological polar surface area (TPSA) is 18.5 Å². The van der Waals surface area contributed by atoms with Crippen LogP contribution in [0.3, 0.4) is 0 Å². The molecule has 0 aromatic heterocycles. The molecule has 4 heteroatoms. The highest BCUT2D eigenvalue weighted by Gasteiger charge is 2.48. The van der Waals surface area contributed by atoms with E-state index in [1.165, 1.54) is 0 Å². The molecule has 1 unspecified atom stereocenters. The van der Waals surface area contributed by atoms with E-state index < -0.39 is 8.56 Å². The van der Waals surface area contributed by atoms with Gasteiger partial charge >= 0.3 is 8.56 Å². The van der Waals surface area contributed by atoms with Crippen LogP contribution >= 0.6 is 22.6 Å². The molecule has 0 aromatic carbocycles. The van der Waals surface area contributed by atoms with Gasteiger partial charge in [-0.2, -0.15) is 0 Å². The lowest BCUT2D eigenvalue weighted by molar-refractivity contribution is 0.173. The molecule has 0 fully saturated rings. The zero-order chi connectivity index (χ0) is 17.4. The molecule has 1 atom stereocenters. The summed E-state index contributed by atoms with van der Waals surface area (Å²) in [6, 6.07) is 0. The Morgan fingerprint density at radius 1 is 1.09 bits per heavy atom. The fraction of sp³-hybridized carbons (Fsp3) is 0.667. The minimum absolute atomic E-state index is 0.0475. The lowest BCUT2D eigenvalue weighted by Crippen LogP contribution is -2.49. The summed E-state index contributed by atoms with van der Waals surface area (Å²) in [6.07, 6.45) is 6.04. The van der Waals surface area contributed by atoms with Crippen molar-refractivity contribution in [2.75, 3.05) is 18.6 Å². The molecule has 0 N–H and O–H groups in total. The van der Waals surface area contributed by atoms with E-state index in [0.717, 1.165) is 10.8 Å². The highest BCUT2D eigenvalue weighted by atomic mass is 127. The molecule has 0 aliphatic heterocycles. The Labute approximate surface area is 151 Å². The first-order valence-electron chi connectivity index (χ1n) is 7.22. The maximum Gasteiger partial charge on any atom is 0.338 e. The summed E-state index contributed by atoms with van der Waals surface area (Å²) in [5.74, 6) is 13.6. The van der Waals surface area contributed by atoms with Crippen LogP contribution in [0, 0.1) is 46.9 Å². The minimum atomic E-state index is -2.22. The van der Waals surface area contributed by atoms with Crippen LogP contribution in [0.5, 0.6) is 0 Å². The lowest BCUT2D eigenvalue weighted by Gasteiger charge is -2.44. The van der Waals surface area contributed by atoms with E-state index in [-0.39, 0.29) is 10.8 Å². The third-order valence-corrected chi connectivity index (χ3v) is 9.62. The van der Waals surface area contributed by atoms with Crippen molar-refractivity contribution in [1.82, 2.24) is 0 Å². The maximum absolute atomic E-state index is 5.79. The highest BCUT2D eigenvalue weighted by Crippen LogP contribution is 2.48. The summed E-state index contributed by atoms with van der Waals surface area (Å²) < 4.78 is 12.6. The molecule has 0 amide bonds. The Morgan fingerprint density at radius 3 is 2.05 bits per heavy atom. The Morgan fingerprint density at radius 2 is 1.64 bits per heavy atom. The standard InChI is InChI=1S/C18H27IO2Si/c1-9-10-11-12-13-17(2,3)15-18(4,5)16(14-19)22(8,20-6)21-7/h1,16H,14-15H2,2-8H3. The smallest absolute Gasteiger partial charge is 0.338 e. The largest absolute Gasteiger partial charge is 0.398 e. The molecular weight excluding hydrogens is 403 g/mol. The van der Waals surface area contributed by atoms with Crippen LogP contribution in [-0.4, -0.2) is 27.2 Å².